The Hall–Kier alpha value is -4.13. The maximum absolute atomic E-state index is 13.1. The van der Waals surface area contributed by atoms with Crippen LogP contribution in [0.25, 0.3) is 0 Å². The predicted octanol–water partition coefficient (Wildman–Crippen LogP) is 3.00. The van der Waals surface area contributed by atoms with Crippen LogP contribution < -0.4 is 21.3 Å². The molecule has 6 N–H and O–H groups in total. The standard InChI is InChI=1S/C28H30N8O3S/c29-22(21-25(36-13-15-38-16-14-36)40-26(34-21)28(31)11-6-12-28)39-27(30)35-23-24(37)32-19-10-5-4-9-18(19)20(33-23)17-7-2-1-3-8-17/h1-5,7-10,23,29H,6,11-16,31H2,(H2,30,35)(H,32,37)/t23-/m1/s1. The maximum atomic E-state index is 13.1. The van der Waals surface area contributed by atoms with Crippen molar-refractivity contribution >= 4 is 45.6 Å². The molecule has 0 spiro atoms. The Morgan fingerprint density at radius 2 is 1.85 bits per heavy atom. The van der Waals surface area contributed by atoms with Crippen LogP contribution >= 0.6 is 11.3 Å². The summed E-state index contributed by atoms with van der Waals surface area (Å²) >= 11 is 1.47. The summed E-state index contributed by atoms with van der Waals surface area (Å²) in [6, 6.07) is 16.5. The minimum Gasteiger partial charge on any atom is -0.405 e. The van der Waals surface area contributed by atoms with Crippen molar-refractivity contribution in [1.29, 1.82) is 10.8 Å². The molecule has 1 aliphatic carbocycles. The number of rotatable bonds is 5. The van der Waals surface area contributed by atoms with Gasteiger partial charge in [-0.25, -0.2) is 9.98 Å². The van der Waals surface area contributed by atoms with E-state index in [0.29, 0.717) is 43.4 Å². The van der Waals surface area contributed by atoms with Gasteiger partial charge in [0.25, 0.3) is 11.9 Å². The molecule has 0 bridgehead atoms. The molecule has 6 rings (SSSR count). The van der Waals surface area contributed by atoms with E-state index in [0.717, 1.165) is 40.4 Å². The lowest BCUT2D eigenvalue weighted by molar-refractivity contribution is -0.117. The quantitative estimate of drug-likeness (QED) is 0.237. The number of amidine groups is 1. The van der Waals surface area contributed by atoms with Gasteiger partial charge >= 0.3 is 0 Å². The first-order valence-corrected chi connectivity index (χ1v) is 14.0. The molecule has 3 aliphatic rings. The molecular formula is C28H30N8O3S. The van der Waals surface area contributed by atoms with Crippen LogP contribution in [0.5, 0.6) is 0 Å². The number of carbonyl (C=O) groups excluding carboxylic acids is 1. The fourth-order valence-corrected chi connectivity index (χ4v) is 6.18. The number of nitrogens with two attached hydrogens (primary N) is 1. The van der Waals surface area contributed by atoms with Gasteiger partial charge in [-0.1, -0.05) is 59.9 Å². The summed E-state index contributed by atoms with van der Waals surface area (Å²) in [4.78, 5) is 24.6. The molecule has 1 saturated carbocycles. The highest BCUT2D eigenvalue weighted by molar-refractivity contribution is 7.16. The molecule has 0 radical (unpaired) electrons. The van der Waals surface area contributed by atoms with Crippen LogP contribution in [-0.4, -0.2) is 61.0 Å². The van der Waals surface area contributed by atoms with Crippen LogP contribution in [0.3, 0.4) is 0 Å². The van der Waals surface area contributed by atoms with E-state index in [1.165, 1.54) is 11.3 Å². The third-order valence-corrected chi connectivity index (χ3v) is 8.60. The van der Waals surface area contributed by atoms with Crippen molar-refractivity contribution in [2.45, 2.75) is 31.0 Å². The van der Waals surface area contributed by atoms with Crippen molar-refractivity contribution in [3.8, 4) is 0 Å². The summed E-state index contributed by atoms with van der Waals surface area (Å²) in [5, 5.41) is 24.4. The van der Waals surface area contributed by atoms with E-state index in [9.17, 15) is 4.79 Å². The van der Waals surface area contributed by atoms with E-state index < -0.39 is 23.6 Å². The number of nitrogens with one attached hydrogen (secondary N) is 4. The number of ether oxygens (including phenoxy) is 2. The maximum Gasteiger partial charge on any atom is 0.290 e. The summed E-state index contributed by atoms with van der Waals surface area (Å²) in [5.41, 5.74) is 9.22. The molecule has 40 heavy (non-hydrogen) atoms. The van der Waals surface area contributed by atoms with E-state index in [-0.39, 0.29) is 5.90 Å². The lowest BCUT2D eigenvalue weighted by Crippen LogP contribution is -2.44. The number of para-hydroxylation sites is 1. The van der Waals surface area contributed by atoms with Crippen molar-refractivity contribution in [3.63, 3.8) is 0 Å². The number of benzene rings is 2. The van der Waals surface area contributed by atoms with Crippen molar-refractivity contribution in [3.05, 3.63) is 76.4 Å². The van der Waals surface area contributed by atoms with Gasteiger partial charge in [-0.15, -0.1) is 0 Å². The lowest BCUT2D eigenvalue weighted by atomic mass is 9.78. The normalized spacial score (nSPS) is 19.8. The van der Waals surface area contributed by atoms with Crippen molar-refractivity contribution < 1.29 is 14.3 Å². The molecular weight excluding hydrogens is 528 g/mol. The van der Waals surface area contributed by atoms with Crippen LogP contribution in [0.4, 0.5) is 10.7 Å². The van der Waals surface area contributed by atoms with Gasteiger partial charge in [-0.3, -0.25) is 15.6 Å². The Morgan fingerprint density at radius 1 is 1.12 bits per heavy atom. The Bertz CT molecular complexity index is 1480. The largest absolute Gasteiger partial charge is 0.405 e. The molecule has 2 aromatic carbocycles. The average molecular weight is 559 g/mol. The van der Waals surface area contributed by atoms with Gasteiger partial charge in [0.1, 0.15) is 10.0 Å². The van der Waals surface area contributed by atoms with Gasteiger partial charge in [0.15, 0.2) is 5.69 Å². The summed E-state index contributed by atoms with van der Waals surface area (Å²) in [6.45, 7) is 2.48. The number of benzodiazepines with no additional fused rings is 1. The second-order valence-corrected chi connectivity index (χ2v) is 10.9. The van der Waals surface area contributed by atoms with Crippen LogP contribution in [0.15, 0.2) is 59.6 Å². The van der Waals surface area contributed by atoms with Crippen LogP contribution in [-0.2, 0) is 19.8 Å². The minimum atomic E-state index is -1.16. The minimum absolute atomic E-state index is 0.297. The SMILES string of the molecule is N=C(N[C@H]1N=C(c2ccccc2)c2ccccc2NC1=O)OC(=N)c1nc(C2(N)CCC2)sc1N1CCOCC1. The highest BCUT2D eigenvalue weighted by Crippen LogP contribution is 2.43. The zero-order valence-electron chi connectivity index (χ0n) is 21.8. The smallest absolute Gasteiger partial charge is 0.290 e. The fourth-order valence-electron chi connectivity index (χ4n) is 4.91. The molecule has 1 amide bonds. The summed E-state index contributed by atoms with van der Waals surface area (Å²) in [6.07, 6.45) is 1.57. The fraction of sp³-hybridized carbons (Fsp3) is 0.321. The molecule has 2 aliphatic heterocycles. The molecule has 206 valence electrons. The van der Waals surface area contributed by atoms with E-state index in [4.69, 9.17) is 31.0 Å². The highest BCUT2D eigenvalue weighted by Gasteiger charge is 2.39. The molecule has 1 atom stereocenters. The number of anilines is 2. The first kappa shape index (κ1) is 26.1. The number of fused-ring (bicyclic) bond motifs is 1. The number of hydrogen-bond donors (Lipinski definition) is 5. The number of morpholine rings is 1. The van der Waals surface area contributed by atoms with E-state index >= 15 is 0 Å². The second kappa shape index (κ2) is 10.8. The molecule has 3 heterocycles. The van der Waals surface area contributed by atoms with Crippen LogP contribution in [0.2, 0.25) is 0 Å². The Balaban J connectivity index is 1.24. The topological polar surface area (TPSA) is 162 Å². The summed E-state index contributed by atoms with van der Waals surface area (Å²) in [7, 11) is 0. The second-order valence-electron chi connectivity index (χ2n) is 9.97. The third-order valence-electron chi connectivity index (χ3n) is 7.26. The Labute approximate surface area is 235 Å². The van der Waals surface area contributed by atoms with Crippen LogP contribution in [0.1, 0.15) is 41.1 Å². The summed E-state index contributed by atoms with van der Waals surface area (Å²) < 4.78 is 11.1. The van der Waals surface area contributed by atoms with Crippen molar-refractivity contribution in [1.82, 2.24) is 10.3 Å². The number of carbonyl (C=O) groups is 1. The molecule has 3 aromatic rings. The van der Waals surface area contributed by atoms with E-state index in [1.807, 2.05) is 54.6 Å². The van der Waals surface area contributed by atoms with Crippen molar-refractivity contribution in [2.75, 3.05) is 36.5 Å². The van der Waals surface area contributed by atoms with E-state index in [2.05, 4.69) is 20.5 Å². The molecule has 1 aromatic heterocycles. The van der Waals surface area contributed by atoms with Gasteiger partial charge in [-0.05, 0) is 25.3 Å². The number of amides is 1. The third kappa shape index (κ3) is 5.08. The Kier molecular flexibility index (Phi) is 7.05. The monoisotopic (exact) mass is 558 g/mol. The zero-order chi connectivity index (χ0) is 27.7. The number of aromatic nitrogens is 1. The Morgan fingerprint density at radius 3 is 2.58 bits per heavy atom. The lowest BCUT2D eigenvalue weighted by Gasteiger charge is -2.36. The molecule has 1 saturated heterocycles. The number of aliphatic imine (C=N–C) groups is 1. The number of hydrogen-bond acceptors (Lipinski definition) is 10. The number of thiazole rings is 1. The first-order valence-electron chi connectivity index (χ1n) is 13.2. The van der Waals surface area contributed by atoms with E-state index in [1.54, 1.807) is 0 Å². The van der Waals surface area contributed by atoms with Gasteiger partial charge in [0.05, 0.1) is 30.2 Å². The first-order chi connectivity index (χ1) is 19.4. The highest BCUT2D eigenvalue weighted by atomic mass is 32.1. The van der Waals surface area contributed by atoms with Crippen molar-refractivity contribution in [2.24, 2.45) is 10.7 Å². The molecule has 0 unspecified atom stereocenters. The molecule has 12 heteroatoms. The predicted molar refractivity (Wildman–Crippen MR) is 155 cm³/mol. The van der Waals surface area contributed by atoms with Gasteiger partial charge in [-0.2, -0.15) is 0 Å². The van der Waals surface area contributed by atoms with Crippen LogP contribution in [0, 0.1) is 10.8 Å². The summed E-state index contributed by atoms with van der Waals surface area (Å²) in [5.74, 6) is -0.743. The van der Waals surface area contributed by atoms with Gasteiger partial charge < -0.3 is 30.7 Å². The van der Waals surface area contributed by atoms with Gasteiger partial charge in [0, 0.05) is 24.2 Å². The average Bonchev–Trinajstić information content (AvgIpc) is 3.36. The molecule has 11 nitrogen and oxygen atoms in total. The molecule has 2 fully saturated rings. The number of nitrogens with zero attached hydrogens (tertiary/aromatic N) is 3. The van der Waals surface area contributed by atoms with Gasteiger partial charge in [0.2, 0.25) is 12.1 Å². The zero-order valence-corrected chi connectivity index (χ0v) is 22.6.